The highest BCUT2D eigenvalue weighted by molar-refractivity contribution is 6.66. The van der Waals surface area contributed by atoms with E-state index in [9.17, 15) is 0 Å². The van der Waals surface area contributed by atoms with Crippen LogP contribution in [-0.4, -0.2) is 36.8 Å². The summed E-state index contributed by atoms with van der Waals surface area (Å²) >= 11 is 0. The average Bonchev–Trinajstić information content (AvgIpc) is 2.66. The van der Waals surface area contributed by atoms with Crippen molar-refractivity contribution in [3.05, 3.63) is 60.2 Å². The Hall–Kier alpha value is -1.70. The van der Waals surface area contributed by atoms with Crippen molar-refractivity contribution < 1.29 is 13.3 Å². The number of hydrogen-bond donors (Lipinski definition) is 1. The highest BCUT2D eigenvalue weighted by Crippen LogP contribution is 2.35. The van der Waals surface area contributed by atoms with Crippen LogP contribution in [0.2, 0.25) is 0 Å². The molecule has 24 heavy (non-hydrogen) atoms. The second-order valence-electron chi connectivity index (χ2n) is 5.33. The van der Waals surface area contributed by atoms with Crippen LogP contribution in [0, 0.1) is 0 Å². The minimum atomic E-state index is -3.10. The van der Waals surface area contributed by atoms with E-state index < -0.39 is 8.97 Å². The molecule has 130 valence electrons. The number of anilines is 2. The van der Waals surface area contributed by atoms with E-state index in [-0.39, 0.29) is 0 Å². The topological polar surface area (TPSA) is 57.0 Å². The first kappa shape index (κ1) is 18.6. The summed E-state index contributed by atoms with van der Waals surface area (Å²) in [5.74, 6) is 0. The van der Waals surface area contributed by atoms with Crippen LogP contribution in [-0.2, 0) is 19.7 Å². The number of nitrogens with two attached hydrogens (primary N) is 1. The van der Waals surface area contributed by atoms with Gasteiger partial charge in [0.2, 0.25) is 0 Å². The first-order valence-electron chi connectivity index (χ1n) is 8.01. The summed E-state index contributed by atoms with van der Waals surface area (Å²) in [5.41, 5.74) is 8.88. The third-order valence-corrected chi connectivity index (χ3v) is 6.54. The SMILES string of the molecule is CO[Si](OC)(OC)N(c1ccccc1)c1ccccc1CCCN. The van der Waals surface area contributed by atoms with Crippen molar-refractivity contribution in [1.82, 2.24) is 0 Å². The van der Waals surface area contributed by atoms with Gasteiger partial charge in [-0.3, -0.25) is 4.57 Å². The molecule has 2 aromatic carbocycles. The Bertz CT molecular complexity index is 612. The van der Waals surface area contributed by atoms with E-state index >= 15 is 0 Å². The second-order valence-corrected chi connectivity index (χ2v) is 8.05. The van der Waals surface area contributed by atoms with E-state index in [1.165, 1.54) is 5.56 Å². The lowest BCUT2D eigenvalue weighted by Gasteiger charge is -2.37. The summed E-state index contributed by atoms with van der Waals surface area (Å²) in [5, 5.41) is 0. The van der Waals surface area contributed by atoms with Gasteiger partial charge >= 0.3 is 8.97 Å². The lowest BCUT2D eigenvalue weighted by Crippen LogP contribution is -2.58. The van der Waals surface area contributed by atoms with Crippen LogP contribution in [0.3, 0.4) is 0 Å². The third-order valence-electron chi connectivity index (χ3n) is 3.94. The molecule has 0 aliphatic carbocycles. The number of rotatable bonds is 9. The molecule has 6 heteroatoms. The summed E-state index contributed by atoms with van der Waals surface area (Å²) in [6.45, 7) is 0.654. The molecular formula is C18H26N2O3Si. The number of hydrogen-bond acceptors (Lipinski definition) is 5. The van der Waals surface area contributed by atoms with Crippen molar-refractivity contribution in [2.24, 2.45) is 5.73 Å². The summed E-state index contributed by atoms with van der Waals surface area (Å²) in [6, 6.07) is 18.2. The Kier molecular flexibility index (Phi) is 6.95. The number of aryl methyl sites for hydroxylation is 1. The van der Waals surface area contributed by atoms with Crippen LogP contribution in [0.15, 0.2) is 54.6 Å². The molecule has 0 spiro atoms. The minimum absolute atomic E-state index is 0.654. The van der Waals surface area contributed by atoms with Gasteiger partial charge in [0.25, 0.3) is 0 Å². The largest absolute Gasteiger partial charge is 0.637 e. The zero-order chi connectivity index (χ0) is 17.4. The third kappa shape index (κ3) is 3.85. The van der Waals surface area contributed by atoms with Crippen molar-refractivity contribution in [1.29, 1.82) is 0 Å². The Balaban J connectivity index is 2.59. The normalized spacial score (nSPS) is 11.5. The molecule has 0 saturated carbocycles. The molecule has 0 bridgehead atoms. The number of benzene rings is 2. The van der Waals surface area contributed by atoms with Crippen LogP contribution >= 0.6 is 0 Å². The van der Waals surface area contributed by atoms with E-state index in [4.69, 9.17) is 19.0 Å². The predicted molar refractivity (Wildman–Crippen MR) is 99.2 cm³/mol. The average molecular weight is 347 g/mol. The summed E-state index contributed by atoms with van der Waals surface area (Å²) in [7, 11) is 1.77. The molecule has 2 rings (SSSR count). The van der Waals surface area contributed by atoms with E-state index in [1.807, 2.05) is 42.5 Å². The Morgan fingerprint density at radius 3 is 2.04 bits per heavy atom. The molecule has 2 aromatic rings. The quantitative estimate of drug-likeness (QED) is 0.707. The molecular weight excluding hydrogens is 320 g/mol. The molecule has 0 aromatic heterocycles. The molecule has 0 unspecified atom stereocenters. The van der Waals surface area contributed by atoms with Crippen LogP contribution in [0.4, 0.5) is 11.4 Å². The van der Waals surface area contributed by atoms with E-state index in [1.54, 1.807) is 21.3 Å². The Morgan fingerprint density at radius 2 is 1.46 bits per heavy atom. The Morgan fingerprint density at radius 1 is 0.875 bits per heavy atom. The lowest BCUT2D eigenvalue weighted by atomic mass is 10.1. The van der Waals surface area contributed by atoms with Gasteiger partial charge in [-0.25, -0.2) is 0 Å². The zero-order valence-corrected chi connectivity index (χ0v) is 15.6. The Labute approximate surface area is 145 Å². The standard InChI is InChI=1S/C18H26N2O3Si/c1-21-24(22-2,23-3)20(17-12-5-4-6-13-17)18-14-8-7-10-16(18)11-9-15-19/h4-8,10,12-14H,9,11,15,19H2,1-3H3. The van der Waals surface area contributed by atoms with Crippen LogP contribution in [0.25, 0.3) is 0 Å². The molecule has 0 amide bonds. The van der Waals surface area contributed by atoms with E-state index in [0.29, 0.717) is 6.54 Å². The number of para-hydroxylation sites is 2. The fourth-order valence-electron chi connectivity index (χ4n) is 2.78. The van der Waals surface area contributed by atoms with E-state index in [2.05, 4.69) is 16.7 Å². The first-order valence-corrected chi connectivity index (χ1v) is 9.68. The van der Waals surface area contributed by atoms with E-state index in [0.717, 1.165) is 24.2 Å². The van der Waals surface area contributed by atoms with Gasteiger partial charge in [-0.15, -0.1) is 0 Å². The van der Waals surface area contributed by atoms with Gasteiger partial charge in [0.15, 0.2) is 0 Å². The molecule has 0 aliphatic rings. The molecule has 0 atom stereocenters. The van der Waals surface area contributed by atoms with Gasteiger partial charge in [0.05, 0.1) is 0 Å². The molecule has 0 saturated heterocycles. The smallest absolute Gasteiger partial charge is 0.360 e. The van der Waals surface area contributed by atoms with Gasteiger partial charge in [0.1, 0.15) is 0 Å². The van der Waals surface area contributed by atoms with Gasteiger partial charge < -0.3 is 19.0 Å². The zero-order valence-electron chi connectivity index (χ0n) is 14.6. The van der Waals surface area contributed by atoms with Crippen LogP contribution < -0.4 is 10.3 Å². The van der Waals surface area contributed by atoms with Gasteiger partial charge in [-0.1, -0.05) is 36.4 Å². The highest BCUT2D eigenvalue weighted by Gasteiger charge is 2.49. The van der Waals surface area contributed by atoms with Gasteiger partial charge in [-0.2, -0.15) is 0 Å². The monoisotopic (exact) mass is 346 g/mol. The highest BCUT2D eigenvalue weighted by atomic mass is 28.4. The lowest BCUT2D eigenvalue weighted by molar-refractivity contribution is 0.124. The molecule has 2 N–H and O–H groups in total. The minimum Gasteiger partial charge on any atom is -0.360 e. The van der Waals surface area contributed by atoms with Crippen molar-refractivity contribution in [3.8, 4) is 0 Å². The molecule has 0 fully saturated rings. The van der Waals surface area contributed by atoms with Crippen molar-refractivity contribution in [2.45, 2.75) is 12.8 Å². The fraction of sp³-hybridized carbons (Fsp3) is 0.333. The van der Waals surface area contributed by atoms with Gasteiger partial charge in [0, 0.05) is 32.7 Å². The van der Waals surface area contributed by atoms with Crippen LogP contribution in [0.5, 0.6) is 0 Å². The van der Waals surface area contributed by atoms with Gasteiger partial charge in [-0.05, 0) is 43.1 Å². The molecule has 5 nitrogen and oxygen atoms in total. The maximum absolute atomic E-state index is 5.76. The van der Waals surface area contributed by atoms with Crippen LogP contribution in [0.1, 0.15) is 12.0 Å². The molecule has 0 heterocycles. The summed E-state index contributed by atoms with van der Waals surface area (Å²) in [6.07, 6.45) is 1.80. The maximum Gasteiger partial charge on any atom is 0.637 e. The second kappa shape index (κ2) is 8.96. The predicted octanol–water partition coefficient (Wildman–Crippen LogP) is 3.09. The molecule has 0 radical (unpaired) electrons. The number of nitrogens with zero attached hydrogens (tertiary/aromatic N) is 1. The fourth-order valence-corrected chi connectivity index (χ4v) is 4.80. The van der Waals surface area contributed by atoms with Crippen molar-refractivity contribution in [3.63, 3.8) is 0 Å². The van der Waals surface area contributed by atoms with Crippen molar-refractivity contribution >= 4 is 20.3 Å². The van der Waals surface area contributed by atoms with Crippen molar-refractivity contribution in [2.75, 3.05) is 32.4 Å². The first-order chi connectivity index (χ1) is 11.7. The summed E-state index contributed by atoms with van der Waals surface area (Å²) < 4.78 is 19.3. The molecule has 0 aliphatic heterocycles. The maximum atomic E-state index is 5.76. The summed E-state index contributed by atoms with van der Waals surface area (Å²) in [4.78, 5) is 0.